The zero-order valence-electron chi connectivity index (χ0n) is 19.7. The number of carbonyl (C=O) groups excluding carboxylic acids is 1. The molecule has 12 heteroatoms. The second-order valence-electron chi connectivity index (χ2n) is 8.09. The Bertz CT molecular complexity index is 1140. The molecule has 2 heterocycles. The van der Waals surface area contributed by atoms with Gasteiger partial charge in [-0.1, -0.05) is 25.1 Å². The van der Waals surface area contributed by atoms with Crippen LogP contribution in [0.2, 0.25) is 0 Å². The van der Waals surface area contributed by atoms with Gasteiger partial charge in [0.05, 0.1) is 25.1 Å². The van der Waals surface area contributed by atoms with Gasteiger partial charge in [-0.3, -0.25) is 9.36 Å². The molecule has 3 atom stereocenters. The van der Waals surface area contributed by atoms with Crippen LogP contribution in [0.25, 0.3) is 11.2 Å². The topological polar surface area (TPSA) is 143 Å². The fraction of sp³-hybridized carbons (Fsp3) is 0.455. The lowest BCUT2D eigenvalue weighted by molar-refractivity contribution is -0.149. The van der Waals surface area contributed by atoms with Crippen LogP contribution in [0.4, 0.5) is 5.82 Å². The molecule has 0 fully saturated rings. The van der Waals surface area contributed by atoms with E-state index in [1.165, 1.54) is 6.33 Å². The first kappa shape index (κ1) is 25.6. The van der Waals surface area contributed by atoms with E-state index in [0.29, 0.717) is 35.7 Å². The smallest absolute Gasteiger partial charge is 0.342 e. The molecule has 0 aliphatic carbocycles. The highest BCUT2D eigenvalue weighted by Gasteiger charge is 2.33. The number of nitrogens with one attached hydrogen (secondary N) is 1. The number of hydrogen-bond donors (Lipinski definition) is 2. The van der Waals surface area contributed by atoms with E-state index in [4.69, 9.17) is 19.7 Å². The Morgan fingerprint density at radius 1 is 1.18 bits per heavy atom. The largest absolute Gasteiger partial charge is 0.462 e. The van der Waals surface area contributed by atoms with Crippen molar-refractivity contribution in [2.24, 2.45) is 0 Å². The van der Waals surface area contributed by atoms with Crippen LogP contribution in [0, 0.1) is 0 Å². The minimum Gasteiger partial charge on any atom is -0.462 e. The van der Waals surface area contributed by atoms with E-state index in [-0.39, 0.29) is 18.6 Å². The van der Waals surface area contributed by atoms with Crippen LogP contribution >= 0.6 is 7.52 Å². The minimum atomic E-state index is -3.65. The lowest BCUT2D eigenvalue weighted by atomic mass is 10.2. The molecule has 1 aromatic carbocycles. The summed E-state index contributed by atoms with van der Waals surface area (Å²) < 4.78 is 32.6. The Morgan fingerprint density at radius 2 is 1.91 bits per heavy atom. The molecule has 0 aliphatic rings. The molecule has 3 rings (SSSR count). The van der Waals surface area contributed by atoms with Gasteiger partial charge in [-0.05, 0) is 39.3 Å². The molecule has 0 aliphatic heterocycles. The van der Waals surface area contributed by atoms with E-state index < -0.39 is 19.5 Å². The number of benzene rings is 1. The first-order valence-electron chi connectivity index (χ1n) is 11.1. The zero-order valence-corrected chi connectivity index (χ0v) is 20.6. The molecule has 34 heavy (non-hydrogen) atoms. The number of hydrogen-bond acceptors (Lipinski definition) is 9. The SMILES string of the molecule is CC[C@H](NP(=O)(CO[C@H](C)Cn1cnc2c(N)ncnc21)Oc1ccccc1)C(=O)OC(C)C. The number of anilines is 1. The Kier molecular flexibility index (Phi) is 8.60. The predicted molar refractivity (Wildman–Crippen MR) is 128 cm³/mol. The van der Waals surface area contributed by atoms with Crippen LogP contribution in [0.3, 0.4) is 0 Å². The zero-order chi connectivity index (χ0) is 24.7. The van der Waals surface area contributed by atoms with Gasteiger partial charge in [0.15, 0.2) is 11.5 Å². The summed E-state index contributed by atoms with van der Waals surface area (Å²) in [6, 6.07) is 7.92. The van der Waals surface area contributed by atoms with Gasteiger partial charge in [-0.15, -0.1) is 0 Å². The molecule has 0 saturated heterocycles. The summed E-state index contributed by atoms with van der Waals surface area (Å²) in [6.45, 7) is 7.52. The summed E-state index contributed by atoms with van der Waals surface area (Å²) in [5.41, 5.74) is 6.93. The summed E-state index contributed by atoms with van der Waals surface area (Å²) in [7, 11) is -3.65. The van der Waals surface area contributed by atoms with Crippen molar-refractivity contribution in [1.29, 1.82) is 0 Å². The van der Waals surface area contributed by atoms with Gasteiger partial charge in [0.1, 0.15) is 30.0 Å². The van der Waals surface area contributed by atoms with Gasteiger partial charge in [0, 0.05) is 0 Å². The highest BCUT2D eigenvalue weighted by atomic mass is 31.2. The highest BCUT2D eigenvalue weighted by Crippen LogP contribution is 2.44. The molecule has 1 unspecified atom stereocenters. The van der Waals surface area contributed by atoms with Crippen molar-refractivity contribution in [2.45, 2.75) is 58.9 Å². The van der Waals surface area contributed by atoms with Crippen molar-refractivity contribution < 1.29 is 23.4 Å². The van der Waals surface area contributed by atoms with E-state index in [0.717, 1.165) is 0 Å². The van der Waals surface area contributed by atoms with E-state index in [9.17, 15) is 9.36 Å². The van der Waals surface area contributed by atoms with Crippen molar-refractivity contribution in [2.75, 3.05) is 12.1 Å². The van der Waals surface area contributed by atoms with E-state index in [2.05, 4.69) is 20.0 Å². The van der Waals surface area contributed by atoms with Crippen LogP contribution in [-0.2, 0) is 25.4 Å². The molecule has 3 N–H and O–H groups in total. The molecule has 0 saturated carbocycles. The predicted octanol–water partition coefficient (Wildman–Crippen LogP) is 3.36. The third-order valence-electron chi connectivity index (χ3n) is 4.81. The maximum Gasteiger partial charge on any atom is 0.342 e. The van der Waals surface area contributed by atoms with Gasteiger partial charge in [0.25, 0.3) is 0 Å². The summed E-state index contributed by atoms with van der Waals surface area (Å²) >= 11 is 0. The summed E-state index contributed by atoms with van der Waals surface area (Å²) in [5, 5.41) is 2.86. The van der Waals surface area contributed by atoms with Gasteiger partial charge in [-0.25, -0.2) is 20.0 Å². The standard InChI is InChI=1S/C22H31N6O5P/c1-5-18(22(29)32-15(2)3)27-34(30,33-17-9-7-6-8-10-17)14-31-16(4)11-28-13-26-19-20(23)24-12-25-21(19)28/h6-10,12-13,15-16,18H,5,11,14H2,1-4H3,(H,27,30)(H2,23,24,25)/t16-,18+,34?/m1/s1. The average molecular weight is 491 g/mol. The number of imidazole rings is 1. The molecule has 3 aromatic rings. The second kappa shape index (κ2) is 11.4. The molecule has 0 spiro atoms. The molecular weight excluding hydrogens is 459 g/mol. The van der Waals surface area contributed by atoms with Crippen LogP contribution in [-0.4, -0.2) is 50.1 Å². The Balaban J connectivity index is 1.72. The Hall–Kier alpha value is -3.01. The molecule has 0 amide bonds. The maximum absolute atomic E-state index is 13.8. The van der Waals surface area contributed by atoms with Crippen molar-refractivity contribution in [3.8, 4) is 5.75 Å². The van der Waals surface area contributed by atoms with Gasteiger partial charge in [0.2, 0.25) is 0 Å². The number of ether oxygens (including phenoxy) is 2. The van der Waals surface area contributed by atoms with Crippen LogP contribution < -0.4 is 15.3 Å². The summed E-state index contributed by atoms with van der Waals surface area (Å²) in [4.78, 5) is 24.9. The number of carbonyl (C=O) groups is 1. The van der Waals surface area contributed by atoms with Crippen LogP contribution in [0.5, 0.6) is 5.75 Å². The molecule has 2 aromatic heterocycles. The minimum absolute atomic E-state index is 0.266. The molecule has 0 radical (unpaired) electrons. The molecular formula is C22H31N6O5P. The second-order valence-corrected chi connectivity index (χ2v) is 10.1. The normalized spacial score (nSPS) is 15.1. The van der Waals surface area contributed by atoms with Crippen LogP contribution in [0.1, 0.15) is 34.1 Å². The van der Waals surface area contributed by atoms with E-state index in [1.807, 2.05) is 13.0 Å². The van der Waals surface area contributed by atoms with Crippen molar-refractivity contribution in [1.82, 2.24) is 24.6 Å². The lowest BCUT2D eigenvalue weighted by Crippen LogP contribution is -2.38. The Labute approximate surface area is 198 Å². The summed E-state index contributed by atoms with van der Waals surface area (Å²) in [5.74, 6) is 0.195. The number of rotatable bonds is 12. The Morgan fingerprint density at radius 3 is 2.59 bits per heavy atom. The molecule has 11 nitrogen and oxygen atoms in total. The number of nitrogens with two attached hydrogens (primary N) is 1. The number of fused-ring (bicyclic) bond motifs is 1. The fourth-order valence-corrected chi connectivity index (χ4v) is 5.05. The third-order valence-corrected chi connectivity index (χ3v) is 6.51. The molecule has 0 bridgehead atoms. The fourth-order valence-electron chi connectivity index (χ4n) is 3.19. The van der Waals surface area contributed by atoms with Gasteiger partial charge >= 0.3 is 13.5 Å². The number of nitrogens with zero attached hydrogens (tertiary/aromatic N) is 4. The van der Waals surface area contributed by atoms with Gasteiger partial charge in [-0.2, -0.15) is 0 Å². The van der Waals surface area contributed by atoms with E-state index >= 15 is 0 Å². The quantitative estimate of drug-likeness (QED) is 0.286. The monoisotopic (exact) mass is 490 g/mol. The van der Waals surface area contributed by atoms with Crippen molar-refractivity contribution >= 4 is 30.5 Å². The van der Waals surface area contributed by atoms with Crippen LogP contribution in [0.15, 0.2) is 43.0 Å². The van der Waals surface area contributed by atoms with Crippen molar-refractivity contribution in [3.05, 3.63) is 43.0 Å². The number of esters is 1. The van der Waals surface area contributed by atoms with Crippen molar-refractivity contribution in [3.63, 3.8) is 0 Å². The highest BCUT2D eigenvalue weighted by molar-refractivity contribution is 7.57. The molecule has 184 valence electrons. The third kappa shape index (κ3) is 6.75. The first-order chi connectivity index (χ1) is 16.2. The van der Waals surface area contributed by atoms with Gasteiger partial charge < -0.3 is 24.3 Å². The maximum atomic E-state index is 13.8. The summed E-state index contributed by atoms with van der Waals surface area (Å²) in [6.07, 6.45) is 2.39. The number of para-hydroxylation sites is 1. The average Bonchev–Trinajstić information content (AvgIpc) is 3.20. The number of aromatic nitrogens is 4. The lowest BCUT2D eigenvalue weighted by Gasteiger charge is -2.26. The number of nitrogen functional groups attached to an aromatic ring is 1. The first-order valence-corrected chi connectivity index (χ1v) is 12.9. The van der Waals surface area contributed by atoms with E-state index in [1.54, 1.807) is 55.9 Å².